The molecule has 0 aromatic heterocycles. The first-order chi connectivity index (χ1) is 17.8. The van der Waals surface area contributed by atoms with Crippen molar-refractivity contribution in [2.24, 2.45) is 0 Å². The van der Waals surface area contributed by atoms with E-state index in [9.17, 15) is 14.7 Å². The van der Waals surface area contributed by atoms with Gasteiger partial charge in [0.15, 0.2) is 5.75 Å². The number of halogens is 2. The maximum atomic E-state index is 13.5. The fourth-order valence-electron chi connectivity index (χ4n) is 4.28. The number of aliphatic hydroxyl groups is 1. The Labute approximate surface area is 224 Å². The summed E-state index contributed by atoms with van der Waals surface area (Å²) >= 11 is 12.6. The number of aliphatic hydroxyl groups excluding tert-OH is 1. The number of para-hydroxylation sites is 1. The number of benzene rings is 3. The van der Waals surface area contributed by atoms with Gasteiger partial charge in [-0.1, -0.05) is 54.4 Å². The second kappa shape index (κ2) is 11.2. The van der Waals surface area contributed by atoms with Gasteiger partial charge in [0.05, 0.1) is 42.5 Å². The Balaban J connectivity index is 1.95. The number of nitrogens with zero attached hydrogens (tertiary/aromatic N) is 1. The van der Waals surface area contributed by atoms with E-state index < -0.39 is 23.5 Å². The van der Waals surface area contributed by atoms with Gasteiger partial charge in [0.2, 0.25) is 0 Å². The lowest BCUT2D eigenvalue weighted by Gasteiger charge is -2.27. The molecule has 0 radical (unpaired) electrons. The average Bonchev–Trinajstić information content (AvgIpc) is 3.16. The second-order valence-electron chi connectivity index (χ2n) is 8.23. The molecule has 37 heavy (non-hydrogen) atoms. The zero-order valence-electron chi connectivity index (χ0n) is 20.5. The first-order valence-electron chi connectivity index (χ1n) is 11.5. The Kier molecular flexibility index (Phi) is 7.95. The number of rotatable bonds is 8. The third kappa shape index (κ3) is 4.97. The fourth-order valence-corrected chi connectivity index (χ4v) is 4.92. The lowest BCUT2D eigenvalue weighted by molar-refractivity contribution is -0.132. The molecule has 7 nitrogen and oxygen atoms in total. The third-order valence-electron chi connectivity index (χ3n) is 5.92. The number of anilines is 1. The van der Waals surface area contributed by atoms with Gasteiger partial charge in [0, 0.05) is 22.9 Å². The number of amides is 1. The van der Waals surface area contributed by atoms with Crippen molar-refractivity contribution in [3.8, 4) is 17.2 Å². The maximum Gasteiger partial charge on any atom is 0.300 e. The van der Waals surface area contributed by atoms with Crippen LogP contribution < -0.4 is 19.1 Å². The van der Waals surface area contributed by atoms with Crippen molar-refractivity contribution in [3.05, 3.63) is 87.4 Å². The zero-order valence-corrected chi connectivity index (χ0v) is 22.0. The van der Waals surface area contributed by atoms with Crippen LogP contribution in [0.4, 0.5) is 5.69 Å². The summed E-state index contributed by atoms with van der Waals surface area (Å²) in [6, 6.07) is 15.7. The van der Waals surface area contributed by atoms with E-state index in [-0.39, 0.29) is 26.9 Å². The number of carbonyl (C=O) groups excluding carboxylic acids is 2. The van der Waals surface area contributed by atoms with Crippen molar-refractivity contribution in [1.82, 2.24) is 0 Å². The topological polar surface area (TPSA) is 85.3 Å². The van der Waals surface area contributed by atoms with Gasteiger partial charge in [-0.15, -0.1) is 0 Å². The van der Waals surface area contributed by atoms with Crippen molar-refractivity contribution >= 4 is 46.3 Å². The van der Waals surface area contributed by atoms with Crippen LogP contribution in [0.3, 0.4) is 0 Å². The molecule has 192 valence electrons. The normalized spacial score (nSPS) is 16.7. The van der Waals surface area contributed by atoms with Crippen LogP contribution in [-0.4, -0.2) is 37.6 Å². The molecular formula is C28H25Cl2NO6. The Bertz CT molecular complexity index is 1360. The number of hydrogen-bond donors (Lipinski definition) is 1. The smallest absolute Gasteiger partial charge is 0.300 e. The maximum absolute atomic E-state index is 13.5. The quantitative estimate of drug-likeness (QED) is 0.201. The number of ketones is 1. The van der Waals surface area contributed by atoms with Gasteiger partial charge >= 0.3 is 0 Å². The minimum atomic E-state index is -1.00. The number of Topliss-reactive ketones (excluding diaryl/α,β-unsaturated/α-hetero) is 1. The van der Waals surface area contributed by atoms with Gasteiger partial charge in [-0.2, -0.15) is 0 Å². The predicted octanol–water partition coefficient (Wildman–Crippen LogP) is 6.43. The van der Waals surface area contributed by atoms with E-state index in [1.54, 1.807) is 48.5 Å². The second-order valence-corrected chi connectivity index (χ2v) is 9.04. The average molecular weight is 542 g/mol. The van der Waals surface area contributed by atoms with Crippen LogP contribution in [0.1, 0.15) is 30.5 Å². The van der Waals surface area contributed by atoms with Gasteiger partial charge in [0.25, 0.3) is 11.7 Å². The monoisotopic (exact) mass is 541 g/mol. The van der Waals surface area contributed by atoms with Crippen molar-refractivity contribution < 1.29 is 28.9 Å². The largest absolute Gasteiger partial charge is 0.507 e. The first-order valence-corrected chi connectivity index (χ1v) is 12.3. The minimum Gasteiger partial charge on any atom is -0.507 e. The highest BCUT2D eigenvalue weighted by Gasteiger charge is 2.48. The highest BCUT2D eigenvalue weighted by Crippen LogP contribution is 2.46. The van der Waals surface area contributed by atoms with E-state index in [1.165, 1.54) is 31.3 Å². The van der Waals surface area contributed by atoms with E-state index in [4.69, 9.17) is 37.4 Å². The predicted molar refractivity (Wildman–Crippen MR) is 143 cm³/mol. The Hall–Kier alpha value is -3.68. The van der Waals surface area contributed by atoms with Crippen LogP contribution in [-0.2, 0) is 9.59 Å². The third-order valence-corrected chi connectivity index (χ3v) is 6.48. The molecule has 1 heterocycles. The van der Waals surface area contributed by atoms with Crippen molar-refractivity contribution in [2.75, 3.05) is 25.7 Å². The molecule has 9 heteroatoms. The summed E-state index contributed by atoms with van der Waals surface area (Å²) in [7, 11) is 2.91. The molecule has 0 aliphatic carbocycles. The summed E-state index contributed by atoms with van der Waals surface area (Å²) in [6.07, 6.45) is 0.808. The van der Waals surface area contributed by atoms with Crippen LogP contribution in [0.5, 0.6) is 17.2 Å². The minimum absolute atomic E-state index is 0.133. The summed E-state index contributed by atoms with van der Waals surface area (Å²) in [5.74, 6) is -0.887. The lowest BCUT2D eigenvalue weighted by Crippen LogP contribution is -2.29. The Morgan fingerprint density at radius 1 is 0.973 bits per heavy atom. The lowest BCUT2D eigenvalue weighted by atomic mass is 9.94. The summed E-state index contributed by atoms with van der Waals surface area (Å²) in [6.45, 7) is 2.49. The molecule has 1 fully saturated rings. The summed E-state index contributed by atoms with van der Waals surface area (Å²) in [5, 5.41) is 11.7. The Morgan fingerprint density at radius 2 is 1.68 bits per heavy atom. The molecule has 0 bridgehead atoms. The van der Waals surface area contributed by atoms with Crippen molar-refractivity contribution in [3.63, 3.8) is 0 Å². The standard InChI is InChI=1S/C28H25Cl2NO6/c1-4-12-37-18-9-7-8-17(15-18)31-24(19-10-5-6-11-22(19)35-2)23(26(33)28(31)34)25(32)16-13-20(29)27(36-3)21(30)14-16/h5-11,13-15,24,32H,4,12H2,1-3H3/b25-23+. The van der Waals surface area contributed by atoms with E-state index >= 15 is 0 Å². The van der Waals surface area contributed by atoms with Gasteiger partial charge in [-0.3, -0.25) is 14.5 Å². The first kappa shape index (κ1) is 26.4. The molecule has 0 saturated carbocycles. The van der Waals surface area contributed by atoms with Crippen LogP contribution >= 0.6 is 23.2 Å². The van der Waals surface area contributed by atoms with Gasteiger partial charge < -0.3 is 19.3 Å². The van der Waals surface area contributed by atoms with E-state index in [1.807, 2.05) is 6.92 Å². The zero-order chi connectivity index (χ0) is 26.7. The molecular weight excluding hydrogens is 517 g/mol. The molecule has 1 atom stereocenters. The van der Waals surface area contributed by atoms with Gasteiger partial charge in [-0.25, -0.2) is 0 Å². The highest BCUT2D eigenvalue weighted by molar-refractivity contribution is 6.52. The SMILES string of the molecule is CCCOc1cccc(N2C(=O)C(=O)/C(=C(/O)c3cc(Cl)c(OC)c(Cl)c3)C2c2ccccc2OC)c1. The van der Waals surface area contributed by atoms with E-state index in [0.29, 0.717) is 29.4 Å². The number of hydrogen-bond acceptors (Lipinski definition) is 6. The summed E-state index contributed by atoms with van der Waals surface area (Å²) < 4.78 is 16.5. The molecule has 3 aromatic carbocycles. The summed E-state index contributed by atoms with van der Waals surface area (Å²) in [4.78, 5) is 28.3. The van der Waals surface area contributed by atoms with E-state index in [2.05, 4.69) is 0 Å². The molecule has 4 rings (SSSR count). The van der Waals surface area contributed by atoms with E-state index in [0.717, 1.165) is 6.42 Å². The number of ether oxygens (including phenoxy) is 3. The van der Waals surface area contributed by atoms with Gasteiger partial charge in [-0.05, 0) is 36.8 Å². The molecule has 1 aliphatic rings. The number of methoxy groups -OCH3 is 2. The molecule has 1 unspecified atom stereocenters. The molecule has 3 aromatic rings. The van der Waals surface area contributed by atoms with Crippen molar-refractivity contribution in [2.45, 2.75) is 19.4 Å². The molecule has 1 N–H and O–H groups in total. The van der Waals surface area contributed by atoms with Crippen LogP contribution in [0.15, 0.2) is 66.2 Å². The fraction of sp³-hybridized carbons (Fsp3) is 0.214. The molecule has 1 aliphatic heterocycles. The molecule has 1 amide bonds. The number of carbonyl (C=O) groups is 2. The van der Waals surface area contributed by atoms with Crippen LogP contribution in [0.25, 0.3) is 5.76 Å². The van der Waals surface area contributed by atoms with Crippen LogP contribution in [0, 0.1) is 0 Å². The summed E-state index contributed by atoms with van der Waals surface area (Å²) in [5.41, 5.74) is 0.966. The highest BCUT2D eigenvalue weighted by atomic mass is 35.5. The van der Waals surface area contributed by atoms with Crippen molar-refractivity contribution in [1.29, 1.82) is 0 Å². The Morgan fingerprint density at radius 3 is 2.32 bits per heavy atom. The molecule has 0 spiro atoms. The van der Waals surface area contributed by atoms with Crippen LogP contribution in [0.2, 0.25) is 10.0 Å². The van der Waals surface area contributed by atoms with Gasteiger partial charge in [0.1, 0.15) is 17.3 Å². The molecule has 1 saturated heterocycles.